The zero-order valence-corrected chi connectivity index (χ0v) is 8.52. The van der Waals surface area contributed by atoms with Crippen molar-refractivity contribution in [1.29, 1.82) is 0 Å². The number of hydrogen-bond donors (Lipinski definition) is 1. The van der Waals surface area contributed by atoms with Crippen molar-refractivity contribution < 1.29 is 13.5 Å². The third kappa shape index (κ3) is 1.69. The zero-order valence-electron chi connectivity index (χ0n) is 8.52. The van der Waals surface area contributed by atoms with Crippen LogP contribution in [0.1, 0.15) is 17.5 Å². The molecule has 0 saturated heterocycles. The number of aryl methyl sites for hydroxylation is 1. The van der Waals surface area contributed by atoms with E-state index in [0.29, 0.717) is 24.0 Å². The summed E-state index contributed by atoms with van der Waals surface area (Å²) in [5.74, 6) is -1.53. The zero-order chi connectivity index (χ0) is 11.0. The minimum atomic E-state index is -0.635. The third-order valence-corrected chi connectivity index (χ3v) is 2.82. The van der Waals surface area contributed by atoms with E-state index < -0.39 is 11.6 Å². The van der Waals surface area contributed by atoms with Crippen LogP contribution in [-0.4, -0.2) is 13.2 Å². The molecule has 0 fully saturated rings. The Balaban J connectivity index is 2.54. The number of methoxy groups -OCH3 is 1. The molecule has 1 aromatic rings. The van der Waals surface area contributed by atoms with Gasteiger partial charge in [-0.15, -0.1) is 0 Å². The monoisotopic (exact) mass is 213 g/mol. The fourth-order valence-corrected chi connectivity index (χ4v) is 2.02. The molecule has 1 aromatic carbocycles. The smallest absolute Gasteiger partial charge is 0.190 e. The van der Waals surface area contributed by atoms with Crippen molar-refractivity contribution >= 4 is 0 Å². The second kappa shape index (κ2) is 3.77. The highest BCUT2D eigenvalue weighted by Crippen LogP contribution is 2.31. The third-order valence-electron chi connectivity index (χ3n) is 2.82. The van der Waals surface area contributed by atoms with E-state index in [1.54, 1.807) is 0 Å². The topological polar surface area (TPSA) is 35.2 Å². The van der Waals surface area contributed by atoms with E-state index >= 15 is 0 Å². The van der Waals surface area contributed by atoms with Gasteiger partial charge in [-0.25, -0.2) is 8.78 Å². The first-order chi connectivity index (χ1) is 7.13. The molecule has 1 atom stereocenters. The molecule has 2 nitrogen and oxygen atoms in total. The van der Waals surface area contributed by atoms with Gasteiger partial charge < -0.3 is 10.5 Å². The Hall–Kier alpha value is -1.16. The van der Waals surface area contributed by atoms with Crippen molar-refractivity contribution in [1.82, 2.24) is 0 Å². The van der Waals surface area contributed by atoms with Crippen LogP contribution < -0.4 is 10.5 Å². The standard InChI is InChI=1S/C11H13F2NO/c1-15-11-9(12)4-6-2-3-7(14)5-8(6)10(11)13/h4,7H,2-3,5,14H2,1H3. The van der Waals surface area contributed by atoms with Gasteiger partial charge in [-0.2, -0.15) is 0 Å². The Morgan fingerprint density at radius 1 is 1.47 bits per heavy atom. The van der Waals surface area contributed by atoms with Crippen molar-refractivity contribution in [2.24, 2.45) is 5.73 Å². The van der Waals surface area contributed by atoms with Gasteiger partial charge in [0.05, 0.1) is 7.11 Å². The molecule has 0 amide bonds. The Morgan fingerprint density at radius 3 is 2.87 bits per heavy atom. The summed E-state index contributed by atoms with van der Waals surface area (Å²) in [4.78, 5) is 0. The molecule has 0 bridgehead atoms. The van der Waals surface area contributed by atoms with E-state index in [9.17, 15) is 8.78 Å². The van der Waals surface area contributed by atoms with Crippen molar-refractivity contribution in [3.63, 3.8) is 0 Å². The average Bonchev–Trinajstić information content (AvgIpc) is 2.20. The highest BCUT2D eigenvalue weighted by Gasteiger charge is 2.24. The summed E-state index contributed by atoms with van der Waals surface area (Å²) in [6.45, 7) is 0. The van der Waals surface area contributed by atoms with Crippen LogP contribution in [0.3, 0.4) is 0 Å². The molecule has 0 spiro atoms. The Bertz CT molecular complexity index is 393. The van der Waals surface area contributed by atoms with E-state index in [2.05, 4.69) is 4.74 Å². The van der Waals surface area contributed by atoms with Crippen molar-refractivity contribution in [2.45, 2.75) is 25.3 Å². The van der Waals surface area contributed by atoms with Crippen molar-refractivity contribution in [3.05, 3.63) is 28.8 Å². The number of benzene rings is 1. The predicted octanol–water partition coefficient (Wildman–Crippen LogP) is 1.79. The summed E-state index contributed by atoms with van der Waals surface area (Å²) in [6.07, 6.45) is 1.87. The number of nitrogens with two attached hydrogens (primary N) is 1. The molecule has 2 N–H and O–H groups in total. The molecule has 1 unspecified atom stereocenters. The fourth-order valence-electron chi connectivity index (χ4n) is 2.02. The van der Waals surface area contributed by atoms with Gasteiger partial charge in [0.15, 0.2) is 17.4 Å². The first kappa shape index (κ1) is 10.4. The van der Waals surface area contributed by atoms with Crippen LogP contribution in [0, 0.1) is 11.6 Å². The first-order valence-electron chi connectivity index (χ1n) is 4.92. The van der Waals surface area contributed by atoms with E-state index in [4.69, 9.17) is 5.73 Å². The summed E-state index contributed by atoms with van der Waals surface area (Å²) in [7, 11) is 1.26. The molecule has 1 aliphatic rings. The minimum Gasteiger partial charge on any atom is -0.491 e. The predicted molar refractivity (Wildman–Crippen MR) is 52.9 cm³/mol. The van der Waals surface area contributed by atoms with Gasteiger partial charge in [0.2, 0.25) is 0 Å². The maximum absolute atomic E-state index is 13.8. The molecule has 0 radical (unpaired) electrons. The number of ether oxygens (including phenoxy) is 1. The van der Waals surface area contributed by atoms with Crippen LogP contribution in [0.25, 0.3) is 0 Å². The van der Waals surface area contributed by atoms with Crippen LogP contribution >= 0.6 is 0 Å². The maximum Gasteiger partial charge on any atom is 0.190 e. The molecular formula is C11H13F2NO. The van der Waals surface area contributed by atoms with Gasteiger partial charge in [-0.05, 0) is 36.5 Å². The lowest BCUT2D eigenvalue weighted by atomic mass is 9.88. The molecule has 0 saturated carbocycles. The summed E-state index contributed by atoms with van der Waals surface area (Å²) in [5, 5.41) is 0. The van der Waals surface area contributed by atoms with E-state index in [0.717, 1.165) is 6.42 Å². The van der Waals surface area contributed by atoms with Crippen LogP contribution in [0.5, 0.6) is 5.75 Å². The fraction of sp³-hybridized carbons (Fsp3) is 0.455. The summed E-state index contributed by atoms with van der Waals surface area (Å²) in [6, 6.07) is 1.31. The van der Waals surface area contributed by atoms with Crippen LogP contribution in [0.15, 0.2) is 6.07 Å². The summed E-state index contributed by atoms with van der Waals surface area (Å²) in [5.41, 5.74) is 6.97. The van der Waals surface area contributed by atoms with Crippen molar-refractivity contribution in [2.75, 3.05) is 7.11 Å². The Kier molecular flexibility index (Phi) is 2.61. The van der Waals surface area contributed by atoms with Gasteiger partial charge >= 0.3 is 0 Å². The Labute approximate surface area is 87.0 Å². The highest BCUT2D eigenvalue weighted by molar-refractivity contribution is 5.41. The minimum absolute atomic E-state index is 0.0397. The average molecular weight is 213 g/mol. The Morgan fingerprint density at radius 2 is 2.20 bits per heavy atom. The van der Waals surface area contributed by atoms with E-state index in [-0.39, 0.29) is 11.8 Å². The molecule has 2 rings (SSSR count). The van der Waals surface area contributed by atoms with Gasteiger partial charge in [-0.3, -0.25) is 0 Å². The molecular weight excluding hydrogens is 200 g/mol. The lowest BCUT2D eigenvalue weighted by Gasteiger charge is -2.22. The van der Waals surface area contributed by atoms with Gasteiger partial charge in [0, 0.05) is 6.04 Å². The second-order valence-electron chi connectivity index (χ2n) is 3.85. The molecule has 15 heavy (non-hydrogen) atoms. The molecule has 0 aromatic heterocycles. The number of fused-ring (bicyclic) bond motifs is 1. The SMILES string of the molecule is COc1c(F)cc2c(c1F)CC(N)CC2. The van der Waals surface area contributed by atoms with Crippen LogP contribution in [0.4, 0.5) is 8.78 Å². The lowest BCUT2D eigenvalue weighted by Crippen LogP contribution is -2.28. The molecule has 4 heteroatoms. The number of halogens is 2. The number of hydrogen-bond acceptors (Lipinski definition) is 2. The van der Waals surface area contributed by atoms with Crippen LogP contribution in [-0.2, 0) is 12.8 Å². The highest BCUT2D eigenvalue weighted by atomic mass is 19.1. The lowest BCUT2D eigenvalue weighted by molar-refractivity contribution is 0.354. The van der Waals surface area contributed by atoms with Crippen LogP contribution in [0.2, 0.25) is 0 Å². The van der Waals surface area contributed by atoms with Crippen molar-refractivity contribution in [3.8, 4) is 5.75 Å². The van der Waals surface area contributed by atoms with E-state index in [1.807, 2.05) is 0 Å². The second-order valence-corrected chi connectivity index (χ2v) is 3.85. The summed E-state index contributed by atoms with van der Waals surface area (Å²) < 4.78 is 31.8. The van der Waals surface area contributed by atoms with Gasteiger partial charge in [-0.1, -0.05) is 0 Å². The molecule has 1 aliphatic carbocycles. The molecule has 0 aliphatic heterocycles. The summed E-state index contributed by atoms with van der Waals surface area (Å²) >= 11 is 0. The van der Waals surface area contributed by atoms with Gasteiger partial charge in [0.1, 0.15) is 0 Å². The maximum atomic E-state index is 13.8. The largest absolute Gasteiger partial charge is 0.491 e. The number of rotatable bonds is 1. The molecule has 0 heterocycles. The molecule has 82 valence electrons. The quantitative estimate of drug-likeness (QED) is 0.771. The normalized spacial score (nSPS) is 19.9. The first-order valence-corrected chi connectivity index (χ1v) is 4.92. The van der Waals surface area contributed by atoms with Gasteiger partial charge in [0.25, 0.3) is 0 Å². The van der Waals surface area contributed by atoms with E-state index in [1.165, 1.54) is 13.2 Å².